The summed E-state index contributed by atoms with van der Waals surface area (Å²) in [6.45, 7) is 5.86. The number of nitrogens with zero attached hydrogens (tertiary/aromatic N) is 2. The summed E-state index contributed by atoms with van der Waals surface area (Å²) < 4.78 is 13.2. The van der Waals surface area contributed by atoms with E-state index in [0.29, 0.717) is 23.6 Å². The van der Waals surface area contributed by atoms with Crippen LogP contribution in [0.25, 0.3) is 5.57 Å². The fraction of sp³-hybridized carbons (Fsp3) is 0.348. The highest BCUT2D eigenvalue weighted by molar-refractivity contribution is 6.48. The largest absolute Gasteiger partial charge is 0.349 e. The predicted octanol–water partition coefficient (Wildman–Crippen LogP) is 4.58. The molecule has 4 nitrogen and oxygen atoms in total. The molecule has 3 atom stereocenters. The van der Waals surface area contributed by atoms with Gasteiger partial charge < -0.3 is 5.32 Å². The van der Waals surface area contributed by atoms with Gasteiger partial charge in [-0.25, -0.2) is 4.39 Å². The van der Waals surface area contributed by atoms with Crippen LogP contribution < -0.4 is 5.32 Å². The number of pyridine rings is 1. The standard InChI is InChI=1S/C23H25ClFN3O/c1-4-6-17(28-23(29)18-12-21(18)25)10-16-9-15(11-20(24)22(16)26-3)19-13-27-8-7-14(19)5-2/h4,7-11,13,17-18,21H,1,5-6,12H2,2-3H3,(H,28,29)/b16-10-,26-22?. The first-order chi connectivity index (χ1) is 14.0. The molecule has 3 unspecified atom stereocenters. The first-order valence-electron chi connectivity index (χ1n) is 9.75. The Bertz CT molecular complexity index is 932. The molecule has 1 N–H and O–H groups in total. The summed E-state index contributed by atoms with van der Waals surface area (Å²) in [5.74, 6) is -0.804. The van der Waals surface area contributed by atoms with E-state index in [4.69, 9.17) is 11.6 Å². The molecule has 1 aromatic rings. The van der Waals surface area contributed by atoms with E-state index in [0.717, 1.165) is 23.1 Å². The second-order valence-electron chi connectivity index (χ2n) is 7.17. The summed E-state index contributed by atoms with van der Waals surface area (Å²) in [7, 11) is 1.68. The van der Waals surface area contributed by atoms with E-state index >= 15 is 0 Å². The molecule has 1 aromatic heterocycles. The summed E-state index contributed by atoms with van der Waals surface area (Å²) in [6, 6.07) is 1.67. The summed E-state index contributed by atoms with van der Waals surface area (Å²) in [5.41, 5.74) is 4.57. The summed E-state index contributed by atoms with van der Waals surface area (Å²) in [6.07, 6.45) is 11.8. The lowest BCUT2D eigenvalue weighted by Gasteiger charge is -2.20. The third-order valence-corrected chi connectivity index (χ3v) is 5.39. The molecule has 1 heterocycles. The molecule has 0 aliphatic heterocycles. The lowest BCUT2D eigenvalue weighted by Crippen LogP contribution is -2.35. The van der Waals surface area contributed by atoms with Crippen LogP contribution in [0.4, 0.5) is 4.39 Å². The van der Waals surface area contributed by atoms with Gasteiger partial charge in [-0.05, 0) is 54.2 Å². The number of rotatable bonds is 7. The van der Waals surface area contributed by atoms with E-state index < -0.39 is 12.1 Å². The molecule has 1 saturated carbocycles. The molecule has 0 saturated heterocycles. The number of hydrogen-bond acceptors (Lipinski definition) is 3. The molecule has 0 aromatic carbocycles. The van der Waals surface area contributed by atoms with E-state index in [2.05, 4.69) is 28.8 Å². The molecular formula is C23H25ClFN3O. The van der Waals surface area contributed by atoms with Crippen molar-refractivity contribution in [3.63, 3.8) is 0 Å². The Hall–Kier alpha value is -2.53. The van der Waals surface area contributed by atoms with E-state index in [-0.39, 0.29) is 11.9 Å². The van der Waals surface area contributed by atoms with Gasteiger partial charge >= 0.3 is 0 Å². The maximum absolute atomic E-state index is 13.2. The second-order valence-corrected chi connectivity index (χ2v) is 7.58. The minimum absolute atomic E-state index is 0.265. The molecule has 0 spiro atoms. The molecule has 1 fully saturated rings. The molecular weight excluding hydrogens is 389 g/mol. The Morgan fingerprint density at radius 3 is 2.90 bits per heavy atom. The lowest BCUT2D eigenvalue weighted by molar-refractivity contribution is -0.123. The van der Waals surface area contributed by atoms with Crippen LogP contribution >= 0.6 is 11.6 Å². The SMILES string of the molecule is C=CCC(/C=C1/C=C(c2cnccc2CC)C=C(Cl)C1=NC)NC(=O)C1CC1F. The first-order valence-corrected chi connectivity index (χ1v) is 10.1. The van der Waals surface area contributed by atoms with Gasteiger partial charge in [-0.15, -0.1) is 6.58 Å². The topological polar surface area (TPSA) is 54.4 Å². The van der Waals surface area contributed by atoms with Crippen LogP contribution in [0.3, 0.4) is 0 Å². The normalized spacial score (nSPS) is 24.7. The van der Waals surface area contributed by atoms with Crippen LogP contribution in [0, 0.1) is 5.92 Å². The average Bonchev–Trinajstić information content (AvgIpc) is 3.44. The Balaban J connectivity index is 1.96. The number of nitrogens with one attached hydrogen (secondary N) is 1. The molecule has 29 heavy (non-hydrogen) atoms. The fourth-order valence-electron chi connectivity index (χ4n) is 3.42. The Morgan fingerprint density at radius 1 is 1.52 bits per heavy atom. The zero-order valence-corrected chi connectivity index (χ0v) is 17.4. The summed E-state index contributed by atoms with van der Waals surface area (Å²) >= 11 is 6.53. The third kappa shape index (κ3) is 4.91. The van der Waals surface area contributed by atoms with Crippen molar-refractivity contribution in [3.05, 3.63) is 71.1 Å². The number of alkyl halides is 1. The highest BCUT2D eigenvalue weighted by Crippen LogP contribution is 2.34. The Morgan fingerprint density at radius 2 is 2.28 bits per heavy atom. The Labute approximate surface area is 176 Å². The number of amides is 1. The van der Waals surface area contributed by atoms with Crippen LogP contribution in [0.1, 0.15) is 30.9 Å². The quantitative estimate of drug-likeness (QED) is 0.665. The van der Waals surface area contributed by atoms with Crippen LogP contribution in [0.15, 0.2) is 64.9 Å². The highest BCUT2D eigenvalue weighted by atomic mass is 35.5. The highest BCUT2D eigenvalue weighted by Gasteiger charge is 2.44. The second kappa shape index (κ2) is 9.31. The maximum atomic E-state index is 13.2. The third-order valence-electron chi connectivity index (χ3n) is 5.10. The predicted molar refractivity (Wildman–Crippen MR) is 117 cm³/mol. The van der Waals surface area contributed by atoms with Crippen LogP contribution in [-0.2, 0) is 11.2 Å². The van der Waals surface area contributed by atoms with Crippen molar-refractivity contribution >= 4 is 28.8 Å². The number of halogens is 2. The monoisotopic (exact) mass is 413 g/mol. The van der Waals surface area contributed by atoms with E-state index in [9.17, 15) is 9.18 Å². The van der Waals surface area contributed by atoms with Crippen molar-refractivity contribution in [1.82, 2.24) is 10.3 Å². The van der Waals surface area contributed by atoms with Crippen molar-refractivity contribution in [2.45, 2.75) is 38.4 Å². The molecule has 3 rings (SSSR count). The van der Waals surface area contributed by atoms with Crippen LogP contribution in [0.5, 0.6) is 0 Å². The van der Waals surface area contributed by atoms with Crippen molar-refractivity contribution < 1.29 is 9.18 Å². The zero-order valence-electron chi connectivity index (χ0n) is 16.7. The van der Waals surface area contributed by atoms with Crippen molar-refractivity contribution in [2.24, 2.45) is 10.9 Å². The average molecular weight is 414 g/mol. The van der Waals surface area contributed by atoms with Gasteiger partial charge in [0, 0.05) is 25.0 Å². The molecule has 0 bridgehead atoms. The number of aromatic nitrogens is 1. The molecule has 1 amide bonds. The van der Waals surface area contributed by atoms with Crippen molar-refractivity contribution in [1.29, 1.82) is 0 Å². The van der Waals surface area contributed by atoms with Crippen molar-refractivity contribution in [2.75, 3.05) is 7.05 Å². The summed E-state index contributed by atoms with van der Waals surface area (Å²) in [4.78, 5) is 20.8. The van der Waals surface area contributed by atoms with Crippen LogP contribution in [0.2, 0.25) is 0 Å². The van der Waals surface area contributed by atoms with Gasteiger partial charge in [0.05, 0.1) is 22.7 Å². The number of hydrogen-bond donors (Lipinski definition) is 1. The zero-order chi connectivity index (χ0) is 21.0. The minimum atomic E-state index is -1.03. The lowest BCUT2D eigenvalue weighted by atomic mass is 9.91. The van der Waals surface area contributed by atoms with Gasteiger partial charge in [0.25, 0.3) is 0 Å². The fourth-order valence-corrected chi connectivity index (χ4v) is 3.73. The number of allylic oxidation sites excluding steroid dienone is 5. The van der Waals surface area contributed by atoms with Gasteiger partial charge in [0.2, 0.25) is 5.91 Å². The van der Waals surface area contributed by atoms with Gasteiger partial charge in [0.1, 0.15) is 6.17 Å². The van der Waals surface area contributed by atoms with Gasteiger partial charge in [-0.2, -0.15) is 0 Å². The van der Waals surface area contributed by atoms with Gasteiger partial charge in [0.15, 0.2) is 0 Å². The first kappa shape index (κ1) is 21.2. The van der Waals surface area contributed by atoms with Crippen LogP contribution in [-0.4, -0.2) is 35.9 Å². The van der Waals surface area contributed by atoms with E-state index in [1.807, 2.05) is 30.5 Å². The Kier molecular flexibility index (Phi) is 6.80. The number of carbonyl (C=O) groups is 1. The molecule has 0 radical (unpaired) electrons. The number of carbonyl (C=O) groups excluding carboxylic acids is 1. The number of aliphatic imine (C=N–C) groups is 1. The van der Waals surface area contributed by atoms with Gasteiger partial charge in [-0.3, -0.25) is 14.8 Å². The molecule has 6 heteroatoms. The van der Waals surface area contributed by atoms with E-state index in [1.165, 1.54) is 5.56 Å². The molecule has 152 valence electrons. The number of aryl methyl sites for hydroxylation is 1. The maximum Gasteiger partial charge on any atom is 0.226 e. The minimum Gasteiger partial charge on any atom is -0.349 e. The molecule has 2 aliphatic rings. The summed E-state index contributed by atoms with van der Waals surface area (Å²) in [5, 5.41) is 3.43. The molecule has 2 aliphatic carbocycles. The van der Waals surface area contributed by atoms with E-state index in [1.54, 1.807) is 19.3 Å². The van der Waals surface area contributed by atoms with Gasteiger partial charge in [-0.1, -0.05) is 30.7 Å². The van der Waals surface area contributed by atoms with Crippen molar-refractivity contribution in [3.8, 4) is 0 Å². The smallest absolute Gasteiger partial charge is 0.226 e.